The van der Waals surface area contributed by atoms with Crippen LogP contribution in [0.5, 0.6) is 0 Å². The van der Waals surface area contributed by atoms with Crippen molar-refractivity contribution in [2.45, 2.75) is 58.1 Å². The normalized spacial score (nSPS) is 16.7. The summed E-state index contributed by atoms with van der Waals surface area (Å²) < 4.78 is 14.9. The lowest BCUT2D eigenvalue weighted by Gasteiger charge is -2.39. The molecule has 0 atom stereocenters. The molecule has 7 nitrogen and oxygen atoms in total. The van der Waals surface area contributed by atoms with Crippen molar-refractivity contribution in [2.24, 2.45) is 0 Å². The number of hydrogen-bond acceptors (Lipinski definition) is 7. The molecule has 124 valence electrons. The summed E-state index contributed by atoms with van der Waals surface area (Å²) in [4.78, 5) is 16.6. The maximum absolute atomic E-state index is 12.1. The quantitative estimate of drug-likeness (QED) is 0.924. The van der Waals surface area contributed by atoms with Gasteiger partial charge in [0.1, 0.15) is 11.1 Å². The summed E-state index contributed by atoms with van der Waals surface area (Å²) in [5.74, 6) is 0.929. The first-order valence-electron chi connectivity index (χ1n) is 7.56. The summed E-state index contributed by atoms with van der Waals surface area (Å²) in [5, 5.41) is 8.87. The van der Waals surface area contributed by atoms with Crippen LogP contribution in [0.25, 0.3) is 11.5 Å². The highest BCUT2D eigenvalue weighted by atomic mass is 32.1. The van der Waals surface area contributed by atoms with Crippen LogP contribution >= 0.6 is 11.5 Å². The Morgan fingerprint density at radius 3 is 2.70 bits per heavy atom. The molecule has 1 N–H and O–H groups in total. The summed E-state index contributed by atoms with van der Waals surface area (Å²) in [7, 11) is 0. The first-order chi connectivity index (χ1) is 10.8. The monoisotopic (exact) mass is 336 g/mol. The smallest absolute Gasteiger partial charge is 0.408 e. The van der Waals surface area contributed by atoms with E-state index >= 15 is 0 Å². The molecular formula is C15H20N4O3S. The van der Waals surface area contributed by atoms with Crippen LogP contribution in [0.15, 0.2) is 9.90 Å². The fourth-order valence-corrected chi connectivity index (χ4v) is 3.14. The van der Waals surface area contributed by atoms with Gasteiger partial charge in [0, 0.05) is 5.38 Å². The Kier molecular flexibility index (Phi) is 3.87. The summed E-state index contributed by atoms with van der Waals surface area (Å²) in [6, 6.07) is 0. The molecule has 2 aromatic rings. The number of carbonyl (C=O) groups excluding carboxylic acids is 1. The van der Waals surface area contributed by atoms with E-state index in [1.54, 1.807) is 0 Å². The van der Waals surface area contributed by atoms with Crippen molar-refractivity contribution in [1.82, 2.24) is 19.8 Å². The highest BCUT2D eigenvalue weighted by Crippen LogP contribution is 2.40. The standard InChI is InChI=1S/C15H20N4O3S/c1-9-10(8-23-19-9)11-16-12(18-22-11)15(6-5-7-15)17-13(20)21-14(2,3)4/h8H,5-7H2,1-4H3,(H,17,20). The average molecular weight is 336 g/mol. The molecular weight excluding hydrogens is 316 g/mol. The van der Waals surface area contributed by atoms with Crippen molar-refractivity contribution in [3.63, 3.8) is 0 Å². The van der Waals surface area contributed by atoms with Crippen LogP contribution in [-0.2, 0) is 10.3 Å². The van der Waals surface area contributed by atoms with E-state index in [1.165, 1.54) is 11.5 Å². The van der Waals surface area contributed by atoms with E-state index in [0.29, 0.717) is 11.7 Å². The molecule has 3 rings (SSSR count). The average Bonchev–Trinajstić information content (AvgIpc) is 3.00. The van der Waals surface area contributed by atoms with Crippen molar-refractivity contribution in [2.75, 3.05) is 0 Å². The minimum atomic E-state index is -0.596. The molecule has 2 heterocycles. The van der Waals surface area contributed by atoms with E-state index in [1.807, 2.05) is 33.1 Å². The van der Waals surface area contributed by atoms with Crippen molar-refractivity contribution in [3.05, 3.63) is 16.9 Å². The Morgan fingerprint density at radius 1 is 1.43 bits per heavy atom. The van der Waals surface area contributed by atoms with Crippen LogP contribution in [0, 0.1) is 6.92 Å². The Bertz CT molecular complexity index is 712. The summed E-state index contributed by atoms with van der Waals surface area (Å²) >= 11 is 1.35. The molecule has 1 aliphatic carbocycles. The Balaban J connectivity index is 1.80. The molecule has 1 saturated carbocycles. The zero-order valence-corrected chi connectivity index (χ0v) is 14.5. The molecule has 0 aliphatic heterocycles. The van der Waals surface area contributed by atoms with Crippen LogP contribution in [0.1, 0.15) is 51.6 Å². The Hall–Kier alpha value is -1.96. The van der Waals surface area contributed by atoms with E-state index < -0.39 is 17.2 Å². The van der Waals surface area contributed by atoms with Crippen LogP contribution in [0.3, 0.4) is 0 Å². The molecule has 8 heteroatoms. The van der Waals surface area contributed by atoms with Gasteiger partial charge in [-0.05, 0) is 58.5 Å². The van der Waals surface area contributed by atoms with Gasteiger partial charge in [-0.1, -0.05) is 5.16 Å². The zero-order chi connectivity index (χ0) is 16.7. The first kappa shape index (κ1) is 15.9. The predicted octanol–water partition coefficient (Wildman–Crippen LogP) is 3.41. The lowest BCUT2D eigenvalue weighted by molar-refractivity contribution is 0.0362. The van der Waals surface area contributed by atoms with Crippen LogP contribution in [0.4, 0.5) is 4.79 Å². The molecule has 23 heavy (non-hydrogen) atoms. The number of nitrogens with one attached hydrogen (secondary N) is 1. The molecule has 0 bridgehead atoms. The number of ether oxygens (including phenoxy) is 1. The lowest BCUT2D eigenvalue weighted by atomic mass is 9.76. The van der Waals surface area contributed by atoms with E-state index in [9.17, 15) is 4.79 Å². The highest BCUT2D eigenvalue weighted by molar-refractivity contribution is 7.04. The largest absolute Gasteiger partial charge is 0.444 e. The topological polar surface area (TPSA) is 90.1 Å². The minimum Gasteiger partial charge on any atom is -0.444 e. The maximum Gasteiger partial charge on any atom is 0.408 e. The van der Waals surface area contributed by atoms with E-state index in [0.717, 1.165) is 30.5 Å². The SMILES string of the molecule is Cc1nscc1-c1nc(C2(NC(=O)OC(C)(C)C)CCC2)no1. The third-order valence-electron chi connectivity index (χ3n) is 3.78. The van der Waals surface area contributed by atoms with Crippen molar-refractivity contribution in [1.29, 1.82) is 0 Å². The second-order valence-corrected chi connectivity index (χ2v) is 7.43. The fourth-order valence-electron chi connectivity index (χ4n) is 2.46. The van der Waals surface area contributed by atoms with Crippen LogP contribution in [-0.4, -0.2) is 26.2 Å². The van der Waals surface area contributed by atoms with Gasteiger partial charge >= 0.3 is 6.09 Å². The van der Waals surface area contributed by atoms with Gasteiger partial charge in [0.2, 0.25) is 0 Å². The number of aromatic nitrogens is 3. The number of carbonyl (C=O) groups is 1. The van der Waals surface area contributed by atoms with E-state index in [4.69, 9.17) is 9.26 Å². The number of amides is 1. The Morgan fingerprint density at radius 2 is 2.17 bits per heavy atom. The van der Waals surface area contributed by atoms with Crippen LogP contribution < -0.4 is 5.32 Å². The molecule has 1 aliphatic rings. The lowest BCUT2D eigenvalue weighted by Crippen LogP contribution is -2.52. The summed E-state index contributed by atoms with van der Waals surface area (Å²) in [5.41, 5.74) is 0.548. The predicted molar refractivity (Wildman–Crippen MR) is 85.0 cm³/mol. The molecule has 0 radical (unpaired) electrons. The van der Waals surface area contributed by atoms with Crippen LogP contribution in [0.2, 0.25) is 0 Å². The van der Waals surface area contributed by atoms with Gasteiger partial charge in [-0.15, -0.1) is 0 Å². The third kappa shape index (κ3) is 3.21. The van der Waals surface area contributed by atoms with Gasteiger partial charge < -0.3 is 14.6 Å². The van der Waals surface area contributed by atoms with Crippen molar-refractivity contribution in [3.8, 4) is 11.5 Å². The van der Waals surface area contributed by atoms with Gasteiger partial charge in [-0.25, -0.2) is 4.79 Å². The van der Waals surface area contributed by atoms with Gasteiger partial charge in [0.05, 0.1) is 11.3 Å². The molecule has 1 amide bonds. The van der Waals surface area contributed by atoms with Gasteiger partial charge in [-0.3, -0.25) is 0 Å². The van der Waals surface area contributed by atoms with Gasteiger partial charge in [-0.2, -0.15) is 9.36 Å². The summed E-state index contributed by atoms with van der Waals surface area (Å²) in [6.45, 7) is 7.39. The van der Waals surface area contributed by atoms with Crippen molar-refractivity contribution < 1.29 is 14.1 Å². The van der Waals surface area contributed by atoms with E-state index in [-0.39, 0.29) is 0 Å². The third-order valence-corrected chi connectivity index (χ3v) is 4.50. The number of alkyl carbamates (subject to hydrolysis) is 1. The van der Waals surface area contributed by atoms with Gasteiger partial charge in [0.15, 0.2) is 5.82 Å². The minimum absolute atomic E-state index is 0.434. The van der Waals surface area contributed by atoms with Gasteiger partial charge in [0.25, 0.3) is 5.89 Å². The number of aryl methyl sites for hydroxylation is 1. The second kappa shape index (κ2) is 5.59. The molecule has 1 fully saturated rings. The molecule has 0 aromatic carbocycles. The number of nitrogens with zero attached hydrogens (tertiary/aromatic N) is 3. The maximum atomic E-state index is 12.1. The number of hydrogen-bond donors (Lipinski definition) is 1. The highest BCUT2D eigenvalue weighted by Gasteiger charge is 2.45. The fraction of sp³-hybridized carbons (Fsp3) is 0.600. The first-order valence-corrected chi connectivity index (χ1v) is 8.39. The van der Waals surface area contributed by atoms with Crippen molar-refractivity contribution >= 4 is 17.6 Å². The summed E-state index contributed by atoms with van der Waals surface area (Å²) in [6.07, 6.45) is 2.08. The second-order valence-electron chi connectivity index (χ2n) is 6.80. The number of rotatable bonds is 3. The molecule has 0 unspecified atom stereocenters. The molecule has 0 spiro atoms. The van der Waals surface area contributed by atoms with E-state index in [2.05, 4.69) is 19.8 Å². The molecule has 0 saturated heterocycles. The molecule has 2 aromatic heterocycles. The zero-order valence-electron chi connectivity index (χ0n) is 13.7. The Labute approximate surface area is 138 Å².